The first kappa shape index (κ1) is 19.6. The Morgan fingerprint density at radius 3 is 2.81 bits per heavy atom. The fourth-order valence-corrected chi connectivity index (χ4v) is 5.29. The van der Waals surface area contributed by atoms with Gasteiger partial charge in [-0.3, -0.25) is 9.36 Å². The van der Waals surface area contributed by atoms with Gasteiger partial charge in [-0.05, 0) is 58.3 Å². The van der Waals surface area contributed by atoms with Crippen LogP contribution in [-0.4, -0.2) is 17.5 Å². The van der Waals surface area contributed by atoms with E-state index in [-0.39, 0.29) is 0 Å². The predicted octanol–water partition coefficient (Wildman–Crippen LogP) is 4.87. The molecular weight excluding hydrogens is 403 g/mol. The summed E-state index contributed by atoms with van der Waals surface area (Å²) in [5, 5.41) is 5.56. The van der Waals surface area contributed by atoms with Crippen LogP contribution in [0.2, 0.25) is 5.02 Å². The molecule has 0 spiro atoms. The van der Waals surface area contributed by atoms with Crippen molar-refractivity contribution in [2.24, 2.45) is 0 Å². The van der Waals surface area contributed by atoms with Crippen molar-refractivity contribution in [3.63, 3.8) is 0 Å². The number of halogens is 1. The lowest BCUT2D eigenvalue weighted by Gasteiger charge is -2.18. The number of benzene rings is 2. The second kappa shape index (κ2) is 7.87. The molecule has 3 aromatic rings. The Kier molecular flexibility index (Phi) is 5.72. The highest BCUT2D eigenvalue weighted by molar-refractivity contribution is 7.58. The minimum atomic E-state index is -3.76. The van der Waals surface area contributed by atoms with E-state index in [2.05, 4.69) is 5.32 Å². The molecule has 0 aliphatic rings. The van der Waals surface area contributed by atoms with Crippen molar-refractivity contribution in [1.29, 1.82) is 0 Å². The van der Waals surface area contributed by atoms with Gasteiger partial charge < -0.3 is 15.9 Å². The molecule has 5 nitrogen and oxygen atoms in total. The number of anilines is 1. The van der Waals surface area contributed by atoms with Crippen LogP contribution in [0.25, 0.3) is 16.2 Å². The average molecular weight is 421 g/mol. The van der Waals surface area contributed by atoms with Gasteiger partial charge in [0.1, 0.15) is 5.66 Å². The minimum absolute atomic E-state index is 0.501. The second-order valence-electron chi connectivity index (χ2n) is 6.19. The molecular formula is C19H18ClN2O3PS. The first-order chi connectivity index (χ1) is 12.8. The van der Waals surface area contributed by atoms with Crippen molar-refractivity contribution >= 4 is 58.1 Å². The minimum Gasteiger partial charge on any atom is -0.399 e. The summed E-state index contributed by atoms with van der Waals surface area (Å²) in [4.78, 5) is 23.0. The zero-order chi connectivity index (χ0) is 19.6. The lowest BCUT2D eigenvalue weighted by molar-refractivity contribution is -0.120. The monoisotopic (exact) mass is 420 g/mol. The highest BCUT2D eigenvalue weighted by Gasteiger charge is 2.36. The first-order valence-corrected chi connectivity index (χ1v) is 11.5. The number of nitrogens with one attached hydrogen (secondary N) is 1. The van der Waals surface area contributed by atoms with Gasteiger partial charge in [0.2, 0.25) is 13.3 Å². The molecule has 27 heavy (non-hydrogen) atoms. The highest BCUT2D eigenvalue weighted by Crippen LogP contribution is 2.54. The molecule has 4 N–H and O–H groups in total. The Morgan fingerprint density at radius 2 is 2.11 bits per heavy atom. The van der Waals surface area contributed by atoms with Gasteiger partial charge >= 0.3 is 0 Å². The zero-order valence-electron chi connectivity index (χ0n) is 14.4. The van der Waals surface area contributed by atoms with E-state index in [9.17, 15) is 14.3 Å². The molecule has 2 unspecified atom stereocenters. The Balaban J connectivity index is 1.89. The molecule has 1 heterocycles. The lowest BCUT2D eigenvalue weighted by Crippen LogP contribution is -2.25. The number of fused-ring (bicyclic) bond motifs is 1. The molecule has 1 aromatic heterocycles. The number of rotatable bonds is 5. The van der Waals surface area contributed by atoms with Gasteiger partial charge in [0.05, 0.1) is 0 Å². The summed E-state index contributed by atoms with van der Waals surface area (Å²) >= 11 is 7.47. The van der Waals surface area contributed by atoms with E-state index >= 15 is 0 Å². The largest absolute Gasteiger partial charge is 0.399 e. The van der Waals surface area contributed by atoms with Gasteiger partial charge in [-0.15, -0.1) is 11.3 Å². The molecule has 0 saturated heterocycles. The molecule has 1 amide bonds. The van der Waals surface area contributed by atoms with Crippen molar-refractivity contribution in [2.75, 3.05) is 12.4 Å². The summed E-state index contributed by atoms with van der Waals surface area (Å²) in [7, 11) is -3.76. The summed E-state index contributed by atoms with van der Waals surface area (Å²) in [6.45, 7) is 1.19. The molecule has 0 saturated carbocycles. The Labute approximate surface area is 165 Å². The maximum Gasteiger partial charge on any atom is 0.241 e. The number of amides is 1. The predicted molar refractivity (Wildman–Crippen MR) is 113 cm³/mol. The maximum absolute atomic E-state index is 12.7. The Hall–Kier alpha value is -2.11. The third-order valence-electron chi connectivity index (χ3n) is 4.00. The fourth-order valence-electron chi connectivity index (χ4n) is 2.81. The quantitative estimate of drug-likeness (QED) is 0.405. The van der Waals surface area contributed by atoms with E-state index in [1.54, 1.807) is 41.8 Å². The normalized spacial score (nSPS) is 14.9. The van der Waals surface area contributed by atoms with Gasteiger partial charge in [0, 0.05) is 28.3 Å². The van der Waals surface area contributed by atoms with Gasteiger partial charge in [-0.1, -0.05) is 23.7 Å². The van der Waals surface area contributed by atoms with Crippen molar-refractivity contribution < 1.29 is 14.3 Å². The van der Waals surface area contributed by atoms with Gasteiger partial charge in [0.25, 0.3) is 0 Å². The third kappa shape index (κ3) is 4.60. The zero-order valence-corrected chi connectivity index (χ0v) is 16.9. The molecule has 0 bridgehead atoms. The van der Waals surface area contributed by atoms with E-state index in [0.29, 0.717) is 21.7 Å². The number of hydrogen-bond donors (Lipinski definition) is 3. The van der Waals surface area contributed by atoms with Crippen LogP contribution in [0.4, 0.5) is 5.69 Å². The van der Waals surface area contributed by atoms with Gasteiger partial charge in [-0.2, -0.15) is 0 Å². The topological polar surface area (TPSA) is 92.4 Å². The van der Waals surface area contributed by atoms with Crippen molar-refractivity contribution in [1.82, 2.24) is 5.32 Å². The van der Waals surface area contributed by atoms with Gasteiger partial charge in [0.15, 0.2) is 0 Å². The smallest absolute Gasteiger partial charge is 0.241 e. The van der Waals surface area contributed by atoms with Crippen molar-refractivity contribution in [2.45, 2.75) is 5.66 Å². The van der Waals surface area contributed by atoms with Crippen LogP contribution in [-0.2, 0) is 9.36 Å². The Morgan fingerprint density at radius 1 is 1.33 bits per heavy atom. The standard InChI is InChI=1S/C19H18ClN2O3PS/c1-26(24,25)18(16-11-27-17-6-5-13(20)10-15(16)17)19(23)22-8-7-12-3-2-4-14(21)9-12/h2-11,18H,21H2,1H3,(H,22,23)(H,24,25)/b8-7+. The lowest BCUT2D eigenvalue weighted by atomic mass is 10.1. The average Bonchev–Trinajstić information content (AvgIpc) is 2.96. The number of thiophene rings is 1. The van der Waals surface area contributed by atoms with E-state index in [4.69, 9.17) is 17.3 Å². The highest BCUT2D eigenvalue weighted by atomic mass is 35.5. The second-order valence-corrected chi connectivity index (χ2v) is 9.94. The molecule has 2 aromatic carbocycles. The van der Waals surface area contributed by atoms with Crippen LogP contribution in [0.3, 0.4) is 0 Å². The molecule has 0 aliphatic carbocycles. The summed E-state index contributed by atoms with van der Waals surface area (Å²) in [5.74, 6) is -0.553. The number of carbonyl (C=O) groups is 1. The summed E-state index contributed by atoms with van der Waals surface area (Å²) < 4.78 is 13.4. The molecule has 0 aliphatic heterocycles. The maximum atomic E-state index is 12.7. The van der Waals surface area contributed by atoms with E-state index in [1.165, 1.54) is 24.2 Å². The van der Waals surface area contributed by atoms with E-state index in [1.807, 2.05) is 12.1 Å². The van der Waals surface area contributed by atoms with E-state index < -0.39 is 18.9 Å². The summed E-state index contributed by atoms with van der Waals surface area (Å²) in [5.41, 5.74) is 6.46. The van der Waals surface area contributed by atoms with Crippen LogP contribution in [0, 0.1) is 0 Å². The first-order valence-electron chi connectivity index (χ1n) is 8.05. The molecule has 140 valence electrons. The third-order valence-corrected chi connectivity index (χ3v) is 6.69. The van der Waals surface area contributed by atoms with Crippen LogP contribution in [0.1, 0.15) is 16.8 Å². The van der Waals surface area contributed by atoms with Crippen LogP contribution in [0.15, 0.2) is 54.0 Å². The summed E-state index contributed by atoms with van der Waals surface area (Å²) in [6, 6.07) is 12.4. The number of carbonyl (C=O) groups excluding carboxylic acids is 1. The van der Waals surface area contributed by atoms with Gasteiger partial charge in [-0.25, -0.2) is 0 Å². The van der Waals surface area contributed by atoms with E-state index in [0.717, 1.165) is 10.3 Å². The SMILES string of the molecule is CP(=O)(O)C(C(=O)N/C=C/c1cccc(N)c1)c1csc2ccc(Cl)cc12. The summed E-state index contributed by atoms with van der Waals surface area (Å²) in [6.07, 6.45) is 3.12. The van der Waals surface area contributed by atoms with Crippen LogP contribution < -0.4 is 11.1 Å². The number of nitrogens with two attached hydrogens (primary N) is 1. The van der Waals surface area contributed by atoms with Crippen LogP contribution >= 0.6 is 30.3 Å². The van der Waals surface area contributed by atoms with Crippen molar-refractivity contribution in [3.05, 3.63) is 70.2 Å². The molecule has 2 atom stereocenters. The fraction of sp³-hybridized carbons (Fsp3) is 0.105. The number of nitrogen functional groups attached to an aromatic ring is 1. The molecule has 0 radical (unpaired) electrons. The number of hydrogen-bond acceptors (Lipinski definition) is 4. The van der Waals surface area contributed by atoms with Crippen molar-refractivity contribution in [3.8, 4) is 0 Å². The molecule has 0 fully saturated rings. The Bertz CT molecular complexity index is 1070. The van der Waals surface area contributed by atoms with Crippen LogP contribution in [0.5, 0.6) is 0 Å². The molecule has 3 rings (SSSR count). The molecule has 8 heteroatoms.